The van der Waals surface area contributed by atoms with E-state index in [4.69, 9.17) is 0 Å². The lowest BCUT2D eigenvalue weighted by Crippen LogP contribution is -2.44. The molecule has 1 atom stereocenters. The molecule has 0 aromatic carbocycles. The van der Waals surface area contributed by atoms with Gasteiger partial charge in [-0.05, 0) is 31.6 Å². The molecule has 0 spiro atoms. The van der Waals surface area contributed by atoms with Crippen LogP contribution in [0.15, 0.2) is 24.4 Å². The van der Waals surface area contributed by atoms with Crippen LogP contribution in [0.5, 0.6) is 0 Å². The van der Waals surface area contributed by atoms with Gasteiger partial charge in [-0.3, -0.25) is 9.88 Å². The van der Waals surface area contributed by atoms with Crippen LogP contribution in [-0.4, -0.2) is 36.1 Å². The number of nitrogens with zero attached hydrogens (tertiary/aromatic N) is 2. The van der Waals surface area contributed by atoms with Gasteiger partial charge in [0.1, 0.15) is 0 Å². The second kappa shape index (κ2) is 7.41. The van der Waals surface area contributed by atoms with Gasteiger partial charge in [-0.25, -0.2) is 0 Å². The summed E-state index contributed by atoms with van der Waals surface area (Å²) in [7, 11) is 2.02. The highest BCUT2D eigenvalue weighted by molar-refractivity contribution is 5.03. The minimum atomic E-state index is 0.562. The first-order chi connectivity index (χ1) is 8.19. The summed E-state index contributed by atoms with van der Waals surface area (Å²) in [4.78, 5) is 6.90. The summed E-state index contributed by atoms with van der Waals surface area (Å²) in [6.45, 7) is 9.79. The Morgan fingerprint density at radius 3 is 2.59 bits per heavy atom. The van der Waals surface area contributed by atoms with Gasteiger partial charge >= 0.3 is 0 Å². The third-order valence-electron chi connectivity index (χ3n) is 3.15. The zero-order valence-electron chi connectivity index (χ0n) is 11.5. The van der Waals surface area contributed by atoms with Crippen LogP contribution < -0.4 is 5.32 Å². The Labute approximate surface area is 105 Å². The van der Waals surface area contributed by atoms with E-state index in [1.54, 1.807) is 0 Å². The quantitative estimate of drug-likeness (QED) is 0.785. The first kappa shape index (κ1) is 14.1. The number of hydrogen-bond donors (Lipinski definition) is 1. The monoisotopic (exact) mass is 235 g/mol. The van der Waals surface area contributed by atoms with Gasteiger partial charge in [-0.1, -0.05) is 26.8 Å². The van der Waals surface area contributed by atoms with Crippen molar-refractivity contribution in [2.45, 2.75) is 33.4 Å². The highest BCUT2D eigenvalue weighted by atomic mass is 15.2. The number of hydrogen-bond acceptors (Lipinski definition) is 3. The lowest BCUT2D eigenvalue weighted by molar-refractivity contribution is 0.151. The largest absolute Gasteiger partial charge is 0.318 e. The number of pyridine rings is 1. The summed E-state index contributed by atoms with van der Waals surface area (Å²) in [5.41, 5.74) is 1.15. The summed E-state index contributed by atoms with van der Waals surface area (Å²) < 4.78 is 0. The highest BCUT2D eigenvalue weighted by Crippen LogP contribution is 2.13. The van der Waals surface area contributed by atoms with Crippen molar-refractivity contribution in [1.82, 2.24) is 15.2 Å². The van der Waals surface area contributed by atoms with Crippen molar-refractivity contribution in [2.24, 2.45) is 5.92 Å². The van der Waals surface area contributed by atoms with E-state index in [0.29, 0.717) is 12.0 Å². The lowest BCUT2D eigenvalue weighted by Gasteiger charge is -2.33. The van der Waals surface area contributed by atoms with Crippen LogP contribution in [0.1, 0.15) is 26.5 Å². The molecule has 0 radical (unpaired) electrons. The molecule has 0 aliphatic rings. The maximum absolute atomic E-state index is 4.41. The molecule has 0 bridgehead atoms. The molecule has 1 unspecified atom stereocenters. The maximum Gasteiger partial charge on any atom is 0.0544 e. The van der Waals surface area contributed by atoms with E-state index < -0.39 is 0 Å². The molecule has 1 aromatic rings. The topological polar surface area (TPSA) is 28.2 Å². The van der Waals surface area contributed by atoms with Crippen LogP contribution in [0.25, 0.3) is 0 Å². The highest BCUT2D eigenvalue weighted by Gasteiger charge is 2.20. The zero-order chi connectivity index (χ0) is 12.7. The van der Waals surface area contributed by atoms with Gasteiger partial charge in [0.2, 0.25) is 0 Å². The molecule has 1 rings (SSSR count). The van der Waals surface area contributed by atoms with Gasteiger partial charge in [0.25, 0.3) is 0 Å². The van der Waals surface area contributed by atoms with Crippen molar-refractivity contribution < 1.29 is 0 Å². The van der Waals surface area contributed by atoms with Gasteiger partial charge in [-0.2, -0.15) is 0 Å². The molecule has 3 heteroatoms. The molecule has 1 heterocycles. The molecule has 0 amide bonds. The van der Waals surface area contributed by atoms with E-state index >= 15 is 0 Å². The third-order valence-corrected chi connectivity index (χ3v) is 3.15. The molecule has 3 nitrogen and oxygen atoms in total. The Bertz CT molecular complexity index is 298. The molecule has 0 aliphatic heterocycles. The lowest BCUT2D eigenvalue weighted by atomic mass is 10.0. The number of rotatable bonds is 7. The van der Waals surface area contributed by atoms with E-state index in [9.17, 15) is 0 Å². The summed E-state index contributed by atoms with van der Waals surface area (Å²) in [5, 5.41) is 3.29. The average Bonchev–Trinajstić information content (AvgIpc) is 2.34. The van der Waals surface area contributed by atoms with Gasteiger partial charge < -0.3 is 5.32 Å². The molecular weight excluding hydrogens is 210 g/mol. The van der Waals surface area contributed by atoms with Gasteiger partial charge in [0.15, 0.2) is 0 Å². The van der Waals surface area contributed by atoms with Crippen LogP contribution >= 0.6 is 0 Å². The molecule has 1 aromatic heterocycles. The molecule has 17 heavy (non-hydrogen) atoms. The normalized spacial score (nSPS) is 13.3. The Hall–Kier alpha value is -0.930. The first-order valence-electron chi connectivity index (χ1n) is 6.47. The molecule has 0 saturated heterocycles. The molecule has 0 aliphatic carbocycles. The van der Waals surface area contributed by atoms with Gasteiger partial charge in [-0.15, -0.1) is 0 Å². The van der Waals surface area contributed by atoms with E-state index in [-0.39, 0.29) is 0 Å². The van der Waals surface area contributed by atoms with Crippen molar-refractivity contribution in [2.75, 3.05) is 20.1 Å². The molecular formula is C14H25N3. The predicted octanol–water partition coefficient (Wildman–Crippen LogP) is 2.15. The summed E-state index contributed by atoms with van der Waals surface area (Å²) in [6.07, 6.45) is 1.87. The van der Waals surface area contributed by atoms with E-state index in [1.165, 1.54) is 0 Å². The standard InChI is InChI=1S/C14H25N3/c1-5-17(14(10-15-4)12(2)3)11-13-8-6-7-9-16-13/h6-9,12,14-15H,5,10-11H2,1-4H3. The van der Waals surface area contributed by atoms with Crippen molar-refractivity contribution >= 4 is 0 Å². The fourth-order valence-electron chi connectivity index (χ4n) is 2.16. The fraction of sp³-hybridized carbons (Fsp3) is 0.643. The third kappa shape index (κ3) is 4.44. The molecule has 0 fully saturated rings. The number of likely N-dealkylation sites (N-methyl/N-ethyl adjacent to an activating group) is 2. The van der Waals surface area contributed by atoms with E-state index in [1.807, 2.05) is 19.3 Å². The van der Waals surface area contributed by atoms with Crippen molar-refractivity contribution in [3.8, 4) is 0 Å². The van der Waals surface area contributed by atoms with Crippen molar-refractivity contribution in [3.63, 3.8) is 0 Å². The van der Waals surface area contributed by atoms with E-state index in [0.717, 1.165) is 25.3 Å². The minimum absolute atomic E-state index is 0.562. The van der Waals surface area contributed by atoms with Crippen LogP contribution in [0.2, 0.25) is 0 Å². The SMILES string of the molecule is CCN(Cc1ccccn1)C(CNC)C(C)C. The first-order valence-corrected chi connectivity index (χ1v) is 6.47. The number of nitrogens with one attached hydrogen (secondary N) is 1. The molecule has 0 saturated carbocycles. The second-order valence-corrected chi connectivity index (χ2v) is 4.75. The van der Waals surface area contributed by atoms with Gasteiger partial charge in [0.05, 0.1) is 5.69 Å². The summed E-state index contributed by atoms with van der Waals surface area (Å²) >= 11 is 0. The van der Waals surface area contributed by atoms with Gasteiger partial charge in [0, 0.05) is 25.3 Å². The fourth-order valence-corrected chi connectivity index (χ4v) is 2.16. The Morgan fingerprint density at radius 1 is 1.35 bits per heavy atom. The molecule has 96 valence electrons. The second-order valence-electron chi connectivity index (χ2n) is 4.75. The van der Waals surface area contributed by atoms with Crippen LogP contribution in [0, 0.1) is 5.92 Å². The molecule has 1 N–H and O–H groups in total. The smallest absolute Gasteiger partial charge is 0.0544 e. The zero-order valence-corrected chi connectivity index (χ0v) is 11.5. The average molecular weight is 235 g/mol. The predicted molar refractivity (Wildman–Crippen MR) is 72.9 cm³/mol. The Balaban J connectivity index is 2.69. The maximum atomic E-state index is 4.41. The van der Waals surface area contributed by atoms with Crippen LogP contribution in [0.3, 0.4) is 0 Å². The van der Waals surface area contributed by atoms with Crippen molar-refractivity contribution in [1.29, 1.82) is 0 Å². The van der Waals surface area contributed by atoms with Crippen LogP contribution in [0.4, 0.5) is 0 Å². The van der Waals surface area contributed by atoms with Crippen LogP contribution in [-0.2, 0) is 6.54 Å². The Morgan fingerprint density at radius 2 is 2.12 bits per heavy atom. The van der Waals surface area contributed by atoms with E-state index in [2.05, 4.69) is 48.1 Å². The number of aromatic nitrogens is 1. The summed E-state index contributed by atoms with van der Waals surface area (Å²) in [6, 6.07) is 6.68. The minimum Gasteiger partial charge on any atom is -0.318 e. The Kier molecular flexibility index (Phi) is 6.16. The summed E-state index contributed by atoms with van der Waals surface area (Å²) in [5.74, 6) is 0.645. The van der Waals surface area contributed by atoms with Crippen molar-refractivity contribution in [3.05, 3.63) is 30.1 Å².